The van der Waals surface area contributed by atoms with Gasteiger partial charge in [0.25, 0.3) is 5.91 Å². The molecule has 2 aromatic heterocycles. The van der Waals surface area contributed by atoms with Crippen LogP contribution in [0.15, 0.2) is 60.8 Å². The molecule has 0 aliphatic heterocycles. The first-order valence-corrected chi connectivity index (χ1v) is 8.26. The molecule has 3 aromatic rings. The van der Waals surface area contributed by atoms with Crippen molar-refractivity contribution in [2.75, 3.05) is 17.2 Å². The lowest BCUT2D eigenvalue weighted by Crippen LogP contribution is -2.15. The van der Waals surface area contributed by atoms with Crippen molar-refractivity contribution in [1.29, 1.82) is 0 Å². The number of amides is 1. The highest BCUT2D eigenvalue weighted by atomic mass is 16.5. The Bertz CT molecular complexity index is 836. The predicted octanol–water partition coefficient (Wildman–Crippen LogP) is 3.13. The zero-order valence-electron chi connectivity index (χ0n) is 14.3. The van der Waals surface area contributed by atoms with Crippen LogP contribution in [0.1, 0.15) is 23.1 Å². The van der Waals surface area contributed by atoms with E-state index in [1.165, 1.54) is 0 Å². The monoisotopic (exact) mass is 349 g/mol. The number of rotatable bonds is 7. The molecule has 2 N–H and O–H groups in total. The normalized spacial score (nSPS) is 10.2. The summed E-state index contributed by atoms with van der Waals surface area (Å²) in [4.78, 5) is 16.5. The van der Waals surface area contributed by atoms with Crippen molar-refractivity contribution in [3.05, 3.63) is 72.2 Å². The molecule has 26 heavy (non-hydrogen) atoms. The minimum Gasteiger partial charge on any atom is -0.494 e. The molecule has 0 aliphatic carbocycles. The maximum Gasteiger partial charge on any atom is 0.276 e. The maximum atomic E-state index is 12.2. The van der Waals surface area contributed by atoms with Crippen molar-refractivity contribution in [2.24, 2.45) is 0 Å². The minimum atomic E-state index is -0.321. The summed E-state index contributed by atoms with van der Waals surface area (Å²) in [5, 5.41) is 13.9. The van der Waals surface area contributed by atoms with Gasteiger partial charge in [0.2, 0.25) is 0 Å². The van der Waals surface area contributed by atoms with Gasteiger partial charge in [0.05, 0.1) is 18.8 Å². The van der Waals surface area contributed by atoms with E-state index in [1.807, 2.05) is 25.1 Å². The van der Waals surface area contributed by atoms with Crippen LogP contribution in [0.5, 0.6) is 5.75 Å². The number of hydrogen-bond donors (Lipinski definition) is 2. The number of pyridine rings is 1. The summed E-state index contributed by atoms with van der Waals surface area (Å²) in [6.45, 7) is 3.05. The van der Waals surface area contributed by atoms with Gasteiger partial charge < -0.3 is 15.4 Å². The largest absolute Gasteiger partial charge is 0.494 e. The molecule has 0 unspecified atom stereocenters. The lowest BCUT2D eigenvalue weighted by Gasteiger charge is -2.07. The Labute approximate surface area is 151 Å². The Morgan fingerprint density at radius 2 is 1.88 bits per heavy atom. The van der Waals surface area contributed by atoms with E-state index in [2.05, 4.69) is 25.8 Å². The molecule has 0 atom stereocenters. The van der Waals surface area contributed by atoms with Crippen LogP contribution in [-0.2, 0) is 6.54 Å². The second-order valence-corrected chi connectivity index (χ2v) is 5.39. The van der Waals surface area contributed by atoms with Crippen molar-refractivity contribution in [3.8, 4) is 5.75 Å². The summed E-state index contributed by atoms with van der Waals surface area (Å²) < 4.78 is 5.37. The quantitative estimate of drug-likeness (QED) is 0.681. The van der Waals surface area contributed by atoms with Gasteiger partial charge in [-0.2, -0.15) is 0 Å². The molecule has 1 amide bonds. The van der Waals surface area contributed by atoms with E-state index < -0.39 is 0 Å². The number of ether oxygens (including phenoxy) is 1. The third-order valence-electron chi connectivity index (χ3n) is 3.50. The van der Waals surface area contributed by atoms with Crippen molar-refractivity contribution in [3.63, 3.8) is 0 Å². The first-order valence-electron chi connectivity index (χ1n) is 8.26. The van der Waals surface area contributed by atoms with Crippen molar-refractivity contribution in [2.45, 2.75) is 13.5 Å². The Balaban J connectivity index is 1.56. The molecule has 0 aliphatic rings. The summed E-state index contributed by atoms with van der Waals surface area (Å²) in [6, 6.07) is 16.2. The lowest BCUT2D eigenvalue weighted by atomic mass is 10.3. The van der Waals surface area contributed by atoms with Gasteiger partial charge in [-0.3, -0.25) is 9.78 Å². The van der Waals surface area contributed by atoms with Gasteiger partial charge in [-0.25, -0.2) is 0 Å². The van der Waals surface area contributed by atoms with E-state index >= 15 is 0 Å². The molecular weight excluding hydrogens is 330 g/mol. The molecule has 0 radical (unpaired) electrons. The Morgan fingerprint density at radius 1 is 1.04 bits per heavy atom. The second kappa shape index (κ2) is 8.57. The average Bonchev–Trinajstić information content (AvgIpc) is 2.69. The number of aromatic nitrogens is 3. The fraction of sp³-hybridized carbons (Fsp3) is 0.158. The van der Waals surface area contributed by atoms with Crippen LogP contribution >= 0.6 is 0 Å². The van der Waals surface area contributed by atoms with E-state index in [0.29, 0.717) is 24.7 Å². The average molecular weight is 349 g/mol. The van der Waals surface area contributed by atoms with E-state index in [-0.39, 0.29) is 11.6 Å². The Kier molecular flexibility index (Phi) is 5.72. The zero-order valence-corrected chi connectivity index (χ0v) is 14.3. The molecule has 0 saturated heterocycles. The topological polar surface area (TPSA) is 89.0 Å². The molecule has 132 valence electrons. The minimum absolute atomic E-state index is 0.238. The highest BCUT2D eigenvalue weighted by Gasteiger charge is 2.09. The van der Waals surface area contributed by atoms with Gasteiger partial charge in [-0.15, -0.1) is 10.2 Å². The number of carbonyl (C=O) groups excluding carboxylic acids is 1. The first kappa shape index (κ1) is 17.3. The summed E-state index contributed by atoms with van der Waals surface area (Å²) in [6.07, 6.45) is 1.73. The van der Waals surface area contributed by atoms with Gasteiger partial charge in [-0.1, -0.05) is 6.07 Å². The molecule has 0 fully saturated rings. The number of hydrogen-bond acceptors (Lipinski definition) is 6. The summed E-state index contributed by atoms with van der Waals surface area (Å²) in [5.74, 6) is 1.01. The van der Waals surface area contributed by atoms with E-state index in [9.17, 15) is 4.79 Å². The van der Waals surface area contributed by atoms with Crippen LogP contribution in [0.3, 0.4) is 0 Å². The molecule has 7 nitrogen and oxygen atoms in total. The van der Waals surface area contributed by atoms with Gasteiger partial charge >= 0.3 is 0 Å². The molecule has 3 rings (SSSR count). The van der Waals surface area contributed by atoms with Crippen LogP contribution in [0.2, 0.25) is 0 Å². The second-order valence-electron chi connectivity index (χ2n) is 5.39. The van der Waals surface area contributed by atoms with E-state index in [4.69, 9.17) is 4.74 Å². The third kappa shape index (κ3) is 4.76. The van der Waals surface area contributed by atoms with Crippen molar-refractivity contribution >= 4 is 17.4 Å². The lowest BCUT2D eigenvalue weighted by molar-refractivity contribution is 0.102. The van der Waals surface area contributed by atoms with Crippen molar-refractivity contribution < 1.29 is 9.53 Å². The third-order valence-corrected chi connectivity index (χ3v) is 3.50. The summed E-state index contributed by atoms with van der Waals surface area (Å²) in [5.41, 5.74) is 1.80. The van der Waals surface area contributed by atoms with Crippen LogP contribution < -0.4 is 15.4 Å². The number of nitrogens with zero attached hydrogens (tertiary/aromatic N) is 3. The number of anilines is 2. The molecule has 0 saturated carbocycles. The van der Waals surface area contributed by atoms with Gasteiger partial charge in [0.15, 0.2) is 5.69 Å². The maximum absolute atomic E-state index is 12.2. The van der Waals surface area contributed by atoms with Crippen LogP contribution in [0, 0.1) is 0 Å². The van der Waals surface area contributed by atoms with Gasteiger partial charge in [0, 0.05) is 11.9 Å². The number of carbonyl (C=O) groups is 1. The van der Waals surface area contributed by atoms with Crippen LogP contribution in [0.25, 0.3) is 0 Å². The molecular formula is C19H19N5O2. The summed E-state index contributed by atoms with van der Waals surface area (Å²) in [7, 11) is 0. The van der Waals surface area contributed by atoms with Crippen LogP contribution in [-0.4, -0.2) is 27.7 Å². The first-order chi connectivity index (χ1) is 12.7. The van der Waals surface area contributed by atoms with Gasteiger partial charge in [-0.05, 0) is 55.5 Å². The van der Waals surface area contributed by atoms with Gasteiger partial charge in [0.1, 0.15) is 11.6 Å². The molecule has 2 heterocycles. The van der Waals surface area contributed by atoms with E-state index in [1.54, 1.807) is 42.6 Å². The smallest absolute Gasteiger partial charge is 0.276 e. The number of nitrogens with one attached hydrogen (secondary N) is 2. The highest BCUT2D eigenvalue weighted by Crippen LogP contribution is 2.16. The molecule has 0 spiro atoms. The van der Waals surface area contributed by atoms with Crippen molar-refractivity contribution in [1.82, 2.24) is 15.2 Å². The highest BCUT2D eigenvalue weighted by molar-refractivity contribution is 6.02. The fourth-order valence-electron chi connectivity index (χ4n) is 2.23. The Hall–Kier alpha value is -3.48. The Morgan fingerprint density at radius 3 is 2.54 bits per heavy atom. The van der Waals surface area contributed by atoms with E-state index in [0.717, 1.165) is 11.4 Å². The molecule has 1 aromatic carbocycles. The standard InChI is InChI=1S/C19H19N5O2/c1-2-26-16-8-6-14(7-9-16)22-19(25)17-10-11-18(24-23-17)21-13-15-5-3-4-12-20-15/h3-12H,2,13H2,1H3,(H,21,24)(H,22,25). The molecule has 7 heteroatoms. The summed E-state index contributed by atoms with van der Waals surface area (Å²) >= 11 is 0. The number of benzene rings is 1. The molecule has 0 bridgehead atoms. The predicted molar refractivity (Wildman–Crippen MR) is 99.2 cm³/mol. The van der Waals surface area contributed by atoms with Crippen LogP contribution in [0.4, 0.5) is 11.5 Å². The SMILES string of the molecule is CCOc1ccc(NC(=O)c2ccc(NCc3ccccn3)nn2)cc1. The zero-order chi connectivity index (χ0) is 18.2. The fourth-order valence-corrected chi connectivity index (χ4v) is 2.23.